The minimum absolute atomic E-state index is 0.120. The number of nitrogens with one attached hydrogen (secondary N) is 2. The molecule has 0 spiro atoms. The van der Waals surface area contributed by atoms with Gasteiger partial charge in [-0.25, -0.2) is 17.5 Å². The highest BCUT2D eigenvalue weighted by atomic mass is 32.2. The van der Waals surface area contributed by atoms with Gasteiger partial charge < -0.3 is 5.32 Å². The molecule has 1 aromatic rings. The quantitative estimate of drug-likeness (QED) is 0.875. The zero-order valence-electron chi connectivity index (χ0n) is 10.9. The van der Waals surface area contributed by atoms with Crippen LogP contribution < -0.4 is 10.0 Å². The van der Waals surface area contributed by atoms with Gasteiger partial charge in [0.1, 0.15) is 5.82 Å². The average Bonchev–Trinajstić information content (AvgIpc) is 2.35. The molecule has 6 heteroatoms. The molecule has 1 fully saturated rings. The number of benzene rings is 1. The van der Waals surface area contributed by atoms with Gasteiger partial charge in [0.2, 0.25) is 10.0 Å². The lowest BCUT2D eigenvalue weighted by molar-refractivity contribution is 0.327. The number of hydrogen-bond acceptors (Lipinski definition) is 3. The molecule has 0 radical (unpaired) electrons. The van der Waals surface area contributed by atoms with Gasteiger partial charge in [0.25, 0.3) is 0 Å². The first-order valence-corrected chi connectivity index (χ1v) is 8.07. The Hall–Kier alpha value is -0.980. The molecule has 0 amide bonds. The van der Waals surface area contributed by atoms with E-state index in [1.54, 1.807) is 12.1 Å². The van der Waals surface area contributed by atoms with Crippen LogP contribution in [0.5, 0.6) is 0 Å². The first-order valence-electron chi connectivity index (χ1n) is 6.42. The van der Waals surface area contributed by atoms with Crippen molar-refractivity contribution in [3.63, 3.8) is 0 Å². The van der Waals surface area contributed by atoms with Crippen LogP contribution in [-0.4, -0.2) is 27.5 Å². The van der Waals surface area contributed by atoms with Crippen LogP contribution in [0, 0.1) is 11.7 Å². The Labute approximate surface area is 113 Å². The highest BCUT2D eigenvalue weighted by Gasteiger charge is 2.26. The Morgan fingerprint density at radius 2 is 2.16 bits per heavy atom. The summed E-state index contributed by atoms with van der Waals surface area (Å²) in [4.78, 5) is 0. The van der Waals surface area contributed by atoms with Crippen LogP contribution in [0.2, 0.25) is 0 Å². The van der Waals surface area contributed by atoms with Crippen LogP contribution in [0.15, 0.2) is 24.3 Å². The fourth-order valence-electron chi connectivity index (χ4n) is 2.24. The standard InChI is InChI=1S/C13H19FN2O2S/c1-10-6-7-15-8-13(10)16-19(17,18)9-11-4-2-3-5-12(11)14/h2-5,10,13,15-16H,6-9H2,1H3. The van der Waals surface area contributed by atoms with Gasteiger partial charge in [-0.1, -0.05) is 25.1 Å². The number of halogens is 1. The lowest BCUT2D eigenvalue weighted by Gasteiger charge is -2.30. The van der Waals surface area contributed by atoms with Crippen molar-refractivity contribution in [3.8, 4) is 0 Å². The normalized spacial score (nSPS) is 24.3. The Bertz CT molecular complexity index is 533. The van der Waals surface area contributed by atoms with E-state index < -0.39 is 15.8 Å². The zero-order valence-corrected chi connectivity index (χ0v) is 11.7. The van der Waals surface area contributed by atoms with Crippen LogP contribution in [0.3, 0.4) is 0 Å². The number of piperidine rings is 1. The maximum absolute atomic E-state index is 13.5. The van der Waals surface area contributed by atoms with Crippen LogP contribution in [0.1, 0.15) is 18.9 Å². The summed E-state index contributed by atoms with van der Waals surface area (Å²) in [7, 11) is -3.52. The topological polar surface area (TPSA) is 58.2 Å². The third-order valence-electron chi connectivity index (χ3n) is 3.46. The van der Waals surface area contributed by atoms with Crippen LogP contribution >= 0.6 is 0 Å². The summed E-state index contributed by atoms with van der Waals surface area (Å²) < 4.78 is 40.3. The van der Waals surface area contributed by atoms with Crippen molar-refractivity contribution in [1.82, 2.24) is 10.0 Å². The molecule has 4 nitrogen and oxygen atoms in total. The maximum Gasteiger partial charge on any atom is 0.216 e. The van der Waals surface area contributed by atoms with Gasteiger partial charge in [-0.3, -0.25) is 0 Å². The molecule has 2 atom stereocenters. The largest absolute Gasteiger partial charge is 0.315 e. The number of sulfonamides is 1. The van der Waals surface area contributed by atoms with E-state index in [1.807, 2.05) is 6.92 Å². The van der Waals surface area contributed by atoms with Crippen molar-refractivity contribution in [3.05, 3.63) is 35.6 Å². The number of rotatable bonds is 4. The third kappa shape index (κ3) is 3.99. The van der Waals surface area contributed by atoms with Crippen LogP contribution in [0.25, 0.3) is 0 Å². The van der Waals surface area contributed by atoms with E-state index in [2.05, 4.69) is 10.0 Å². The van der Waals surface area contributed by atoms with Gasteiger partial charge in [-0.2, -0.15) is 0 Å². The van der Waals surface area contributed by atoms with Gasteiger partial charge in [-0.05, 0) is 24.9 Å². The predicted molar refractivity (Wildman–Crippen MR) is 72.6 cm³/mol. The predicted octanol–water partition coefficient (Wildman–Crippen LogP) is 1.24. The van der Waals surface area contributed by atoms with Crippen molar-refractivity contribution < 1.29 is 12.8 Å². The molecule has 1 heterocycles. The second-order valence-electron chi connectivity index (χ2n) is 5.04. The molecule has 0 aliphatic carbocycles. The van der Waals surface area contributed by atoms with Crippen molar-refractivity contribution in [2.75, 3.05) is 13.1 Å². The van der Waals surface area contributed by atoms with Crippen molar-refractivity contribution in [2.24, 2.45) is 5.92 Å². The third-order valence-corrected chi connectivity index (χ3v) is 4.81. The molecule has 106 valence electrons. The minimum atomic E-state index is -3.52. The summed E-state index contributed by atoms with van der Waals surface area (Å²) in [5.74, 6) is -0.512. The van der Waals surface area contributed by atoms with E-state index in [0.29, 0.717) is 6.54 Å². The molecule has 1 saturated heterocycles. The van der Waals surface area contributed by atoms with E-state index in [-0.39, 0.29) is 23.3 Å². The van der Waals surface area contributed by atoms with Gasteiger partial charge in [0.15, 0.2) is 0 Å². The summed E-state index contributed by atoms with van der Waals surface area (Å²) in [6.45, 7) is 3.56. The lowest BCUT2D eigenvalue weighted by Crippen LogP contribution is -2.50. The highest BCUT2D eigenvalue weighted by Crippen LogP contribution is 2.15. The van der Waals surface area contributed by atoms with Gasteiger partial charge in [0.05, 0.1) is 5.75 Å². The highest BCUT2D eigenvalue weighted by molar-refractivity contribution is 7.88. The van der Waals surface area contributed by atoms with Crippen LogP contribution in [-0.2, 0) is 15.8 Å². The van der Waals surface area contributed by atoms with Gasteiger partial charge in [-0.15, -0.1) is 0 Å². The van der Waals surface area contributed by atoms with E-state index in [4.69, 9.17) is 0 Å². The maximum atomic E-state index is 13.5. The van der Waals surface area contributed by atoms with E-state index in [1.165, 1.54) is 12.1 Å². The molecule has 2 N–H and O–H groups in total. The summed E-state index contributed by atoms with van der Waals surface area (Å²) in [5, 5.41) is 3.16. The first-order chi connectivity index (χ1) is 8.98. The lowest BCUT2D eigenvalue weighted by atomic mass is 9.96. The summed E-state index contributed by atoms with van der Waals surface area (Å²) in [5.41, 5.74) is 0.200. The fraction of sp³-hybridized carbons (Fsp3) is 0.538. The monoisotopic (exact) mass is 286 g/mol. The fourth-order valence-corrected chi connectivity index (χ4v) is 3.74. The molecule has 2 unspecified atom stereocenters. The number of hydrogen-bond donors (Lipinski definition) is 2. The second-order valence-corrected chi connectivity index (χ2v) is 6.80. The van der Waals surface area contributed by atoms with E-state index >= 15 is 0 Å². The second kappa shape index (κ2) is 5.98. The first kappa shape index (κ1) is 14.4. The minimum Gasteiger partial charge on any atom is -0.315 e. The molecule has 19 heavy (non-hydrogen) atoms. The SMILES string of the molecule is CC1CCNCC1NS(=O)(=O)Cc1ccccc1F. The Balaban J connectivity index is 2.04. The molecular formula is C13H19FN2O2S. The van der Waals surface area contributed by atoms with Gasteiger partial charge in [0, 0.05) is 18.2 Å². The Morgan fingerprint density at radius 1 is 1.42 bits per heavy atom. The molecule has 0 bridgehead atoms. The summed E-state index contributed by atoms with van der Waals surface area (Å²) >= 11 is 0. The Morgan fingerprint density at radius 3 is 2.84 bits per heavy atom. The molecule has 0 saturated carbocycles. The van der Waals surface area contributed by atoms with Crippen molar-refractivity contribution in [1.29, 1.82) is 0 Å². The molecule has 2 rings (SSSR count). The molecule has 1 aromatic carbocycles. The molecule has 1 aliphatic heterocycles. The van der Waals surface area contributed by atoms with Gasteiger partial charge >= 0.3 is 0 Å². The molecule has 1 aliphatic rings. The van der Waals surface area contributed by atoms with Crippen molar-refractivity contribution in [2.45, 2.75) is 25.1 Å². The zero-order chi connectivity index (χ0) is 13.9. The average molecular weight is 286 g/mol. The molecular weight excluding hydrogens is 267 g/mol. The smallest absolute Gasteiger partial charge is 0.216 e. The Kier molecular flexibility index (Phi) is 4.54. The summed E-state index contributed by atoms with van der Waals surface area (Å²) in [6, 6.07) is 5.84. The molecule has 0 aromatic heterocycles. The van der Waals surface area contributed by atoms with E-state index in [0.717, 1.165) is 13.0 Å². The van der Waals surface area contributed by atoms with E-state index in [9.17, 15) is 12.8 Å². The van der Waals surface area contributed by atoms with Crippen molar-refractivity contribution >= 4 is 10.0 Å². The van der Waals surface area contributed by atoms with Crippen LogP contribution in [0.4, 0.5) is 4.39 Å². The summed E-state index contributed by atoms with van der Waals surface area (Å²) in [6.07, 6.45) is 0.937.